The van der Waals surface area contributed by atoms with Crippen LogP contribution in [0.4, 0.5) is 0 Å². The van der Waals surface area contributed by atoms with Crippen molar-refractivity contribution in [1.29, 1.82) is 0 Å². The summed E-state index contributed by atoms with van der Waals surface area (Å²) in [5, 5.41) is 11.0. The number of hydrogen-bond acceptors (Lipinski definition) is 2. The van der Waals surface area contributed by atoms with Crippen molar-refractivity contribution in [3.05, 3.63) is 21.9 Å². The highest BCUT2D eigenvalue weighted by molar-refractivity contribution is 7.80. The lowest BCUT2D eigenvalue weighted by molar-refractivity contribution is 0.571. The fraction of sp³-hybridized carbons (Fsp3) is 0.500. The van der Waals surface area contributed by atoms with Crippen LogP contribution in [-0.2, 0) is 6.42 Å². The van der Waals surface area contributed by atoms with Crippen LogP contribution < -0.4 is 0 Å². The lowest BCUT2D eigenvalue weighted by Gasteiger charge is -1.94. The lowest BCUT2D eigenvalue weighted by atomic mass is 10.2. The van der Waals surface area contributed by atoms with Crippen LogP contribution >= 0.6 is 23.6 Å². The molecule has 0 saturated carbocycles. The van der Waals surface area contributed by atoms with Crippen LogP contribution in [0.1, 0.15) is 36.6 Å². The molecule has 1 nitrogen and oxygen atoms in total. The second kappa shape index (κ2) is 5.35. The summed E-state index contributed by atoms with van der Waals surface area (Å²) >= 11 is 6.35. The normalized spacial score (nSPS) is 10.2. The molecule has 0 aliphatic heterocycles. The third kappa shape index (κ3) is 3.44. The zero-order valence-electron chi connectivity index (χ0n) is 7.75. The predicted molar refractivity (Wildman–Crippen MR) is 61.9 cm³/mol. The molecule has 0 spiro atoms. The molecule has 0 atom stereocenters. The molecule has 0 unspecified atom stereocenters. The summed E-state index contributed by atoms with van der Waals surface area (Å²) in [7, 11) is 0. The summed E-state index contributed by atoms with van der Waals surface area (Å²) in [5.74, 6) is 0. The van der Waals surface area contributed by atoms with Crippen molar-refractivity contribution in [3.63, 3.8) is 0 Å². The molecular formula is C10H14OS2. The standard InChI is InChI=1S/C10H14OS2/c1-2-3-4-5-9-6-8(7-13-9)10(11)12/h6-7H,2-5H2,1H3,(H,11,12). The predicted octanol–water partition coefficient (Wildman–Crippen LogP) is 3.71. The average molecular weight is 214 g/mol. The minimum absolute atomic E-state index is 0.0120. The van der Waals surface area contributed by atoms with E-state index >= 15 is 0 Å². The topological polar surface area (TPSA) is 20.2 Å². The molecule has 0 bridgehead atoms. The van der Waals surface area contributed by atoms with Crippen LogP contribution in [0.25, 0.3) is 0 Å². The van der Waals surface area contributed by atoms with Gasteiger partial charge in [0.1, 0.15) is 0 Å². The van der Waals surface area contributed by atoms with E-state index in [4.69, 9.17) is 5.11 Å². The zero-order valence-corrected chi connectivity index (χ0v) is 9.38. The van der Waals surface area contributed by atoms with Gasteiger partial charge >= 0.3 is 0 Å². The van der Waals surface area contributed by atoms with E-state index in [1.807, 2.05) is 11.4 Å². The Morgan fingerprint density at radius 1 is 1.54 bits per heavy atom. The molecule has 72 valence electrons. The Morgan fingerprint density at radius 3 is 2.85 bits per heavy atom. The van der Waals surface area contributed by atoms with Gasteiger partial charge in [-0.2, -0.15) is 0 Å². The van der Waals surface area contributed by atoms with Crippen LogP contribution in [0.5, 0.6) is 0 Å². The van der Waals surface area contributed by atoms with Gasteiger partial charge in [0.2, 0.25) is 0 Å². The molecule has 0 aliphatic rings. The van der Waals surface area contributed by atoms with Crippen LogP contribution in [0.3, 0.4) is 0 Å². The van der Waals surface area contributed by atoms with Gasteiger partial charge in [-0.15, -0.1) is 11.3 Å². The van der Waals surface area contributed by atoms with Crippen LogP contribution in [0.2, 0.25) is 0 Å². The highest BCUT2D eigenvalue weighted by Gasteiger charge is 2.02. The molecule has 3 heteroatoms. The van der Waals surface area contributed by atoms with Crippen LogP contribution in [0, 0.1) is 0 Å². The molecule has 0 saturated heterocycles. The Hall–Kier alpha value is -0.410. The third-order valence-electron chi connectivity index (χ3n) is 1.93. The minimum Gasteiger partial charge on any atom is -0.498 e. The molecule has 0 amide bonds. The van der Waals surface area contributed by atoms with Crippen LogP contribution in [0.15, 0.2) is 11.4 Å². The van der Waals surface area contributed by atoms with Crippen molar-refractivity contribution in [3.8, 4) is 0 Å². The molecule has 1 aromatic heterocycles. The van der Waals surface area contributed by atoms with Crippen molar-refractivity contribution in [1.82, 2.24) is 0 Å². The molecular weight excluding hydrogens is 200 g/mol. The molecule has 1 N–H and O–H groups in total. The number of thiophene rings is 1. The van der Waals surface area contributed by atoms with Crippen molar-refractivity contribution >= 4 is 28.6 Å². The SMILES string of the molecule is CCCCCc1cc(C(O)=S)cs1. The van der Waals surface area contributed by atoms with Gasteiger partial charge in [0, 0.05) is 15.8 Å². The van der Waals surface area contributed by atoms with Gasteiger partial charge in [0.05, 0.1) is 0 Å². The first kappa shape index (κ1) is 10.7. The molecule has 1 rings (SSSR count). The maximum absolute atomic E-state index is 9.05. The molecule has 0 aromatic carbocycles. The molecule has 0 fully saturated rings. The Bertz CT molecular complexity index is 278. The first-order valence-electron chi connectivity index (χ1n) is 4.54. The highest BCUT2D eigenvalue weighted by atomic mass is 32.1. The first-order chi connectivity index (χ1) is 6.24. The van der Waals surface area contributed by atoms with Gasteiger partial charge < -0.3 is 5.11 Å². The van der Waals surface area contributed by atoms with Gasteiger partial charge in [-0.3, -0.25) is 0 Å². The lowest BCUT2D eigenvalue weighted by Crippen LogP contribution is -1.90. The van der Waals surface area contributed by atoms with E-state index in [0.29, 0.717) is 0 Å². The van der Waals surface area contributed by atoms with Crippen molar-refractivity contribution in [2.24, 2.45) is 0 Å². The largest absolute Gasteiger partial charge is 0.498 e. The van der Waals surface area contributed by atoms with E-state index in [1.165, 1.54) is 24.1 Å². The maximum Gasteiger partial charge on any atom is 0.189 e. The fourth-order valence-corrected chi connectivity index (χ4v) is 2.28. The van der Waals surface area contributed by atoms with Gasteiger partial charge in [0.25, 0.3) is 0 Å². The minimum atomic E-state index is 0.0120. The number of thiocarbonyl (C=S) groups is 1. The Morgan fingerprint density at radius 2 is 2.31 bits per heavy atom. The third-order valence-corrected chi connectivity index (χ3v) is 3.16. The summed E-state index contributed by atoms with van der Waals surface area (Å²) in [4.78, 5) is 1.32. The molecule has 1 heterocycles. The summed E-state index contributed by atoms with van der Waals surface area (Å²) in [6.45, 7) is 2.20. The number of aryl methyl sites for hydroxylation is 1. The van der Waals surface area contributed by atoms with Crippen molar-refractivity contribution in [2.75, 3.05) is 0 Å². The zero-order chi connectivity index (χ0) is 9.68. The van der Waals surface area contributed by atoms with Crippen molar-refractivity contribution in [2.45, 2.75) is 32.6 Å². The Kier molecular flexibility index (Phi) is 4.39. The summed E-state index contributed by atoms with van der Waals surface area (Å²) < 4.78 is 0. The number of rotatable bonds is 5. The van der Waals surface area contributed by atoms with E-state index in [2.05, 4.69) is 19.1 Å². The number of hydrogen-bond donors (Lipinski definition) is 1. The van der Waals surface area contributed by atoms with E-state index in [-0.39, 0.29) is 5.05 Å². The van der Waals surface area contributed by atoms with E-state index in [9.17, 15) is 0 Å². The van der Waals surface area contributed by atoms with Gasteiger partial charge in [-0.25, -0.2) is 0 Å². The fourth-order valence-electron chi connectivity index (χ4n) is 1.17. The quantitative estimate of drug-likeness (QED) is 0.595. The molecule has 0 aliphatic carbocycles. The molecule has 13 heavy (non-hydrogen) atoms. The average Bonchev–Trinajstić information content (AvgIpc) is 2.53. The number of aliphatic hydroxyl groups is 1. The van der Waals surface area contributed by atoms with Gasteiger partial charge in [0.15, 0.2) is 5.05 Å². The first-order valence-corrected chi connectivity index (χ1v) is 5.83. The smallest absolute Gasteiger partial charge is 0.189 e. The van der Waals surface area contributed by atoms with Crippen molar-refractivity contribution < 1.29 is 5.11 Å². The Balaban J connectivity index is 2.44. The highest BCUT2D eigenvalue weighted by Crippen LogP contribution is 2.17. The summed E-state index contributed by atoms with van der Waals surface area (Å²) in [5.41, 5.74) is 0.798. The second-order valence-electron chi connectivity index (χ2n) is 3.06. The van der Waals surface area contributed by atoms with E-state index in [1.54, 1.807) is 11.3 Å². The summed E-state index contributed by atoms with van der Waals surface area (Å²) in [6, 6.07) is 1.99. The maximum atomic E-state index is 9.05. The number of aliphatic hydroxyl groups excluding tert-OH is 1. The monoisotopic (exact) mass is 214 g/mol. The second-order valence-corrected chi connectivity index (χ2v) is 4.45. The Labute approximate surface area is 88.4 Å². The summed E-state index contributed by atoms with van der Waals surface area (Å²) in [6.07, 6.45) is 4.86. The molecule has 0 radical (unpaired) electrons. The molecule has 1 aromatic rings. The van der Waals surface area contributed by atoms with Crippen LogP contribution in [-0.4, -0.2) is 10.2 Å². The van der Waals surface area contributed by atoms with Gasteiger partial charge in [-0.05, 0) is 31.1 Å². The van der Waals surface area contributed by atoms with Gasteiger partial charge in [-0.1, -0.05) is 19.8 Å². The van der Waals surface area contributed by atoms with E-state index in [0.717, 1.165) is 12.0 Å². The van der Waals surface area contributed by atoms with E-state index < -0.39 is 0 Å². The number of unbranched alkanes of at least 4 members (excludes halogenated alkanes) is 2.